The summed E-state index contributed by atoms with van der Waals surface area (Å²) in [5, 5.41) is 14.5. The number of hydrogen-bond donors (Lipinski definition) is 2. The van der Waals surface area contributed by atoms with Crippen molar-refractivity contribution in [2.45, 2.75) is 31.9 Å². The molecule has 2 N–H and O–H groups in total. The topological polar surface area (TPSA) is 105 Å². The molecule has 9 heteroatoms. The molecule has 0 radical (unpaired) electrons. The number of aromatic nitrogens is 2. The van der Waals surface area contributed by atoms with E-state index in [1.807, 2.05) is 11.4 Å². The van der Waals surface area contributed by atoms with Gasteiger partial charge < -0.3 is 20.1 Å². The number of benzene rings is 1. The van der Waals surface area contributed by atoms with E-state index in [0.717, 1.165) is 11.3 Å². The standard InChI is InChI=1S/C25H24N4O4S/c1-25(2,32)8-6-16-4-5-22-21(12-16)29(3)24(31)20(13-33-22)28-23(30)19-11-17(7-9-26-19)10-18-14-34-15-27-18/h4-5,7,9,11-12,14-15,20,32H,10,13H2,1-3H3,(H,28,30). The summed E-state index contributed by atoms with van der Waals surface area (Å²) in [6, 6.07) is 7.84. The van der Waals surface area contributed by atoms with Crippen molar-refractivity contribution in [3.63, 3.8) is 0 Å². The Balaban J connectivity index is 1.49. The molecule has 1 aliphatic rings. The summed E-state index contributed by atoms with van der Waals surface area (Å²) < 4.78 is 5.83. The largest absolute Gasteiger partial charge is 0.489 e. The molecule has 2 amide bonds. The maximum Gasteiger partial charge on any atom is 0.270 e. The van der Waals surface area contributed by atoms with Crippen LogP contribution in [0.25, 0.3) is 0 Å². The number of carbonyl (C=O) groups is 2. The minimum atomic E-state index is -1.13. The predicted molar refractivity (Wildman–Crippen MR) is 129 cm³/mol. The summed E-state index contributed by atoms with van der Waals surface area (Å²) in [5.74, 6) is 5.38. The molecular weight excluding hydrogens is 452 g/mol. The number of ether oxygens (including phenoxy) is 1. The number of anilines is 1. The Bertz CT molecular complexity index is 1270. The highest BCUT2D eigenvalue weighted by atomic mass is 32.1. The maximum absolute atomic E-state index is 13.1. The lowest BCUT2D eigenvalue weighted by Crippen LogP contribution is -2.49. The fourth-order valence-electron chi connectivity index (χ4n) is 3.38. The summed E-state index contributed by atoms with van der Waals surface area (Å²) in [6.45, 7) is 3.17. The molecule has 3 aromatic rings. The number of aliphatic hydroxyl groups is 1. The summed E-state index contributed by atoms with van der Waals surface area (Å²) in [7, 11) is 1.62. The first-order chi connectivity index (χ1) is 16.2. The van der Waals surface area contributed by atoms with Gasteiger partial charge in [0, 0.05) is 30.6 Å². The lowest BCUT2D eigenvalue weighted by atomic mass is 10.1. The van der Waals surface area contributed by atoms with Crippen LogP contribution in [-0.4, -0.2) is 52.2 Å². The third-order valence-corrected chi connectivity index (χ3v) is 5.73. The number of rotatable bonds is 4. The lowest BCUT2D eigenvalue weighted by molar-refractivity contribution is -0.120. The zero-order valence-corrected chi connectivity index (χ0v) is 19.8. The van der Waals surface area contributed by atoms with Crippen LogP contribution in [0.2, 0.25) is 0 Å². The van der Waals surface area contributed by atoms with Crippen molar-refractivity contribution < 1.29 is 19.4 Å². The molecule has 1 aliphatic heterocycles. The fourth-order valence-corrected chi connectivity index (χ4v) is 3.94. The molecular formula is C25H24N4O4S. The zero-order valence-electron chi connectivity index (χ0n) is 19.0. The molecule has 1 atom stereocenters. The van der Waals surface area contributed by atoms with E-state index in [4.69, 9.17) is 4.74 Å². The van der Waals surface area contributed by atoms with Crippen LogP contribution in [0.4, 0.5) is 5.69 Å². The van der Waals surface area contributed by atoms with Gasteiger partial charge in [0.1, 0.15) is 29.7 Å². The first kappa shape index (κ1) is 23.4. The highest BCUT2D eigenvalue weighted by Crippen LogP contribution is 2.31. The SMILES string of the molecule is CN1C(=O)C(NC(=O)c2cc(Cc3cscn3)ccn2)COc2ccc(C#CC(C)(C)O)cc21. The van der Waals surface area contributed by atoms with Crippen LogP contribution < -0.4 is 15.0 Å². The van der Waals surface area contributed by atoms with Gasteiger partial charge in [-0.2, -0.15) is 0 Å². The second-order valence-electron chi connectivity index (χ2n) is 8.43. The number of likely N-dealkylation sites (N-methyl/N-ethyl adjacent to an activating group) is 1. The number of nitrogens with one attached hydrogen (secondary N) is 1. The van der Waals surface area contributed by atoms with Crippen LogP contribution in [0.15, 0.2) is 47.4 Å². The third-order valence-electron chi connectivity index (χ3n) is 5.10. The van der Waals surface area contributed by atoms with Gasteiger partial charge in [0.2, 0.25) is 0 Å². The van der Waals surface area contributed by atoms with Crippen LogP contribution in [0.3, 0.4) is 0 Å². The van der Waals surface area contributed by atoms with Crippen molar-refractivity contribution in [3.05, 3.63) is 69.9 Å². The van der Waals surface area contributed by atoms with Gasteiger partial charge in [-0.3, -0.25) is 14.6 Å². The van der Waals surface area contributed by atoms with E-state index < -0.39 is 17.6 Å². The van der Waals surface area contributed by atoms with E-state index in [1.165, 1.54) is 16.2 Å². The molecule has 8 nitrogen and oxygen atoms in total. The molecule has 3 heterocycles. The number of amides is 2. The molecule has 1 unspecified atom stereocenters. The average Bonchev–Trinajstić information content (AvgIpc) is 3.28. The molecule has 2 aromatic heterocycles. The monoisotopic (exact) mass is 476 g/mol. The van der Waals surface area contributed by atoms with Crippen molar-refractivity contribution in [1.82, 2.24) is 15.3 Å². The van der Waals surface area contributed by atoms with Crippen LogP contribution in [0.5, 0.6) is 5.75 Å². The summed E-state index contributed by atoms with van der Waals surface area (Å²) >= 11 is 1.51. The highest BCUT2D eigenvalue weighted by molar-refractivity contribution is 7.07. The van der Waals surface area contributed by atoms with Crippen molar-refractivity contribution in [3.8, 4) is 17.6 Å². The van der Waals surface area contributed by atoms with Crippen LogP contribution in [0, 0.1) is 11.8 Å². The Morgan fingerprint density at radius 1 is 1.32 bits per heavy atom. The second-order valence-corrected chi connectivity index (χ2v) is 9.15. The van der Waals surface area contributed by atoms with Crippen LogP contribution >= 0.6 is 11.3 Å². The smallest absolute Gasteiger partial charge is 0.270 e. The van der Waals surface area contributed by atoms with Gasteiger partial charge in [-0.25, -0.2) is 4.98 Å². The van der Waals surface area contributed by atoms with Crippen LogP contribution in [-0.2, 0) is 11.2 Å². The van der Waals surface area contributed by atoms with Crippen molar-refractivity contribution in [2.24, 2.45) is 0 Å². The molecule has 34 heavy (non-hydrogen) atoms. The van der Waals surface area contributed by atoms with Crippen molar-refractivity contribution >= 4 is 28.8 Å². The number of fused-ring (bicyclic) bond motifs is 1. The van der Waals surface area contributed by atoms with Gasteiger partial charge in [-0.05, 0) is 49.7 Å². The molecule has 0 aliphatic carbocycles. The van der Waals surface area contributed by atoms with E-state index in [2.05, 4.69) is 27.1 Å². The Morgan fingerprint density at radius 2 is 2.15 bits per heavy atom. The molecule has 174 valence electrons. The van der Waals surface area contributed by atoms with Crippen molar-refractivity contribution in [1.29, 1.82) is 0 Å². The first-order valence-corrected chi connectivity index (χ1v) is 11.6. The number of pyridine rings is 1. The fraction of sp³-hybridized carbons (Fsp3) is 0.280. The molecule has 0 spiro atoms. The molecule has 0 saturated heterocycles. The van der Waals surface area contributed by atoms with Crippen molar-refractivity contribution in [2.75, 3.05) is 18.6 Å². The molecule has 0 bridgehead atoms. The van der Waals surface area contributed by atoms with Crippen LogP contribution in [0.1, 0.15) is 41.2 Å². The molecule has 4 rings (SSSR count). The Morgan fingerprint density at radius 3 is 2.88 bits per heavy atom. The second kappa shape index (κ2) is 9.63. The third kappa shape index (κ3) is 5.60. The number of carbonyl (C=O) groups excluding carboxylic acids is 2. The molecule has 1 aromatic carbocycles. The van der Waals surface area contributed by atoms with E-state index in [0.29, 0.717) is 23.4 Å². The normalized spacial score (nSPS) is 15.5. The highest BCUT2D eigenvalue weighted by Gasteiger charge is 2.31. The predicted octanol–water partition coefficient (Wildman–Crippen LogP) is 2.41. The molecule has 0 saturated carbocycles. The van der Waals surface area contributed by atoms with Gasteiger partial charge >= 0.3 is 0 Å². The van der Waals surface area contributed by atoms with Gasteiger partial charge in [0.25, 0.3) is 11.8 Å². The Labute approximate surface area is 201 Å². The lowest BCUT2D eigenvalue weighted by Gasteiger charge is -2.20. The van der Waals surface area contributed by atoms with E-state index in [-0.39, 0.29) is 18.2 Å². The van der Waals surface area contributed by atoms with Gasteiger partial charge in [-0.1, -0.05) is 11.8 Å². The van der Waals surface area contributed by atoms with Gasteiger partial charge in [0.05, 0.1) is 16.9 Å². The number of nitrogens with zero attached hydrogens (tertiary/aromatic N) is 3. The Hall–Kier alpha value is -3.74. The van der Waals surface area contributed by atoms with E-state index in [9.17, 15) is 14.7 Å². The summed E-state index contributed by atoms with van der Waals surface area (Å²) in [4.78, 5) is 35.9. The summed E-state index contributed by atoms with van der Waals surface area (Å²) in [5.41, 5.74) is 3.83. The zero-order chi connectivity index (χ0) is 24.3. The number of thiazole rings is 1. The maximum atomic E-state index is 13.1. The van der Waals surface area contributed by atoms with E-state index >= 15 is 0 Å². The summed E-state index contributed by atoms with van der Waals surface area (Å²) in [6.07, 6.45) is 2.16. The number of hydrogen-bond acceptors (Lipinski definition) is 7. The minimum absolute atomic E-state index is 0.0187. The van der Waals surface area contributed by atoms with Gasteiger partial charge in [-0.15, -0.1) is 11.3 Å². The Kier molecular flexibility index (Phi) is 6.63. The first-order valence-electron chi connectivity index (χ1n) is 10.6. The molecule has 0 fully saturated rings. The van der Waals surface area contributed by atoms with E-state index in [1.54, 1.807) is 56.9 Å². The minimum Gasteiger partial charge on any atom is -0.489 e. The van der Waals surface area contributed by atoms with Gasteiger partial charge in [0.15, 0.2) is 0 Å². The average molecular weight is 477 g/mol. The quantitative estimate of drug-likeness (QED) is 0.561.